The minimum Gasteiger partial charge on any atom is -0.477 e. The van der Waals surface area contributed by atoms with Crippen LogP contribution in [0.5, 0.6) is 5.75 Å². The summed E-state index contributed by atoms with van der Waals surface area (Å²) in [5.74, 6) is -0.894. The highest BCUT2D eigenvalue weighted by molar-refractivity contribution is 5.95. The molecule has 0 saturated heterocycles. The van der Waals surface area contributed by atoms with Crippen LogP contribution in [0.25, 0.3) is 0 Å². The SMILES string of the molecule is O=C(O)c1c(OCOCC2CC2)cccc1[N+](=O)[O-]. The number of hydrogen-bond donors (Lipinski definition) is 1. The van der Waals surface area contributed by atoms with Gasteiger partial charge in [0.15, 0.2) is 12.4 Å². The van der Waals surface area contributed by atoms with Gasteiger partial charge >= 0.3 is 5.97 Å². The molecule has 0 radical (unpaired) electrons. The molecule has 2 rings (SSSR count). The average Bonchev–Trinajstić information content (AvgIpc) is 3.18. The molecule has 1 fully saturated rings. The van der Waals surface area contributed by atoms with E-state index in [0.717, 1.165) is 18.9 Å². The van der Waals surface area contributed by atoms with Gasteiger partial charge in [-0.2, -0.15) is 0 Å². The Morgan fingerprint density at radius 1 is 1.47 bits per heavy atom. The van der Waals surface area contributed by atoms with Crippen LogP contribution in [0.3, 0.4) is 0 Å². The molecule has 1 aliphatic rings. The number of benzene rings is 1. The van der Waals surface area contributed by atoms with Crippen LogP contribution in [0.4, 0.5) is 5.69 Å². The fourth-order valence-corrected chi connectivity index (χ4v) is 1.61. The molecule has 0 bridgehead atoms. The number of nitrogens with zero attached hydrogens (tertiary/aromatic N) is 1. The number of carboxylic acid groups (broad SMARTS) is 1. The molecule has 1 aromatic rings. The van der Waals surface area contributed by atoms with Crippen molar-refractivity contribution < 1.29 is 24.3 Å². The van der Waals surface area contributed by atoms with Gasteiger partial charge in [-0.25, -0.2) is 4.79 Å². The van der Waals surface area contributed by atoms with E-state index >= 15 is 0 Å². The fourth-order valence-electron chi connectivity index (χ4n) is 1.61. The van der Waals surface area contributed by atoms with Gasteiger partial charge < -0.3 is 14.6 Å². The molecule has 1 aliphatic carbocycles. The standard InChI is InChI=1S/C12H13NO6/c14-12(15)11-9(13(16)17)2-1-3-10(11)19-7-18-6-8-4-5-8/h1-3,8H,4-7H2,(H,14,15). The predicted octanol–water partition coefficient (Wildman–Crippen LogP) is 2.06. The molecule has 0 amide bonds. The zero-order chi connectivity index (χ0) is 13.8. The lowest BCUT2D eigenvalue weighted by molar-refractivity contribution is -0.385. The molecule has 0 spiro atoms. The van der Waals surface area contributed by atoms with Crippen molar-refractivity contribution in [3.8, 4) is 5.75 Å². The van der Waals surface area contributed by atoms with Gasteiger partial charge in [0.05, 0.1) is 11.5 Å². The Hall–Kier alpha value is -2.15. The molecule has 1 N–H and O–H groups in total. The largest absolute Gasteiger partial charge is 0.477 e. The second-order valence-corrected chi connectivity index (χ2v) is 4.29. The van der Waals surface area contributed by atoms with E-state index in [1.165, 1.54) is 12.1 Å². The Bertz CT molecular complexity index is 497. The van der Waals surface area contributed by atoms with Crippen LogP contribution in [-0.4, -0.2) is 29.4 Å². The highest BCUT2D eigenvalue weighted by atomic mass is 16.7. The number of ether oxygens (including phenoxy) is 2. The van der Waals surface area contributed by atoms with Crippen LogP contribution in [0.2, 0.25) is 0 Å². The van der Waals surface area contributed by atoms with Crippen LogP contribution in [-0.2, 0) is 4.74 Å². The summed E-state index contributed by atoms with van der Waals surface area (Å²) < 4.78 is 10.4. The zero-order valence-corrected chi connectivity index (χ0v) is 10.1. The molecule has 102 valence electrons. The number of hydrogen-bond acceptors (Lipinski definition) is 5. The summed E-state index contributed by atoms with van der Waals surface area (Å²) in [6.07, 6.45) is 2.27. The summed E-state index contributed by atoms with van der Waals surface area (Å²) in [5.41, 5.74) is -0.949. The lowest BCUT2D eigenvalue weighted by Gasteiger charge is -2.09. The number of nitro benzene ring substituents is 1. The Kier molecular flexibility index (Phi) is 3.96. The van der Waals surface area contributed by atoms with E-state index in [2.05, 4.69) is 0 Å². The quantitative estimate of drug-likeness (QED) is 0.351. The number of nitro groups is 1. The molecule has 7 nitrogen and oxygen atoms in total. The summed E-state index contributed by atoms with van der Waals surface area (Å²) in [6, 6.07) is 3.87. The van der Waals surface area contributed by atoms with Crippen molar-refractivity contribution in [2.45, 2.75) is 12.8 Å². The van der Waals surface area contributed by atoms with Crippen LogP contribution in [0, 0.1) is 16.0 Å². The molecule has 0 aromatic heterocycles. The molecule has 19 heavy (non-hydrogen) atoms. The molecule has 0 atom stereocenters. The van der Waals surface area contributed by atoms with E-state index in [1.54, 1.807) is 0 Å². The first-order valence-corrected chi connectivity index (χ1v) is 5.81. The van der Waals surface area contributed by atoms with Crippen LogP contribution in [0.1, 0.15) is 23.2 Å². The molecule has 7 heteroatoms. The second kappa shape index (κ2) is 5.66. The summed E-state index contributed by atoms with van der Waals surface area (Å²) >= 11 is 0. The summed E-state index contributed by atoms with van der Waals surface area (Å²) in [6.45, 7) is 0.454. The van der Waals surface area contributed by atoms with Crippen molar-refractivity contribution >= 4 is 11.7 Å². The van der Waals surface area contributed by atoms with E-state index in [1.807, 2.05) is 0 Å². The van der Waals surface area contributed by atoms with Crippen LogP contribution in [0.15, 0.2) is 18.2 Å². The van der Waals surface area contributed by atoms with Gasteiger partial charge in [0.2, 0.25) is 0 Å². The van der Waals surface area contributed by atoms with Crippen molar-refractivity contribution in [2.75, 3.05) is 13.4 Å². The number of carbonyl (C=O) groups is 1. The smallest absolute Gasteiger partial charge is 0.346 e. The number of rotatable bonds is 7. The third kappa shape index (κ3) is 3.41. The molecular formula is C12H13NO6. The van der Waals surface area contributed by atoms with E-state index in [0.29, 0.717) is 12.5 Å². The van der Waals surface area contributed by atoms with Gasteiger partial charge in [-0.3, -0.25) is 10.1 Å². The topological polar surface area (TPSA) is 98.9 Å². The van der Waals surface area contributed by atoms with E-state index in [4.69, 9.17) is 14.6 Å². The predicted molar refractivity (Wildman–Crippen MR) is 64.2 cm³/mol. The van der Waals surface area contributed by atoms with Crippen molar-refractivity contribution in [2.24, 2.45) is 5.92 Å². The molecule has 0 heterocycles. The Morgan fingerprint density at radius 2 is 2.21 bits per heavy atom. The third-order valence-electron chi connectivity index (χ3n) is 2.76. The first-order chi connectivity index (χ1) is 9.09. The highest BCUT2D eigenvalue weighted by Gasteiger charge is 2.25. The first-order valence-electron chi connectivity index (χ1n) is 5.81. The van der Waals surface area contributed by atoms with Crippen molar-refractivity contribution in [3.63, 3.8) is 0 Å². The maximum absolute atomic E-state index is 11.1. The Morgan fingerprint density at radius 3 is 2.79 bits per heavy atom. The van der Waals surface area contributed by atoms with Crippen molar-refractivity contribution in [3.05, 3.63) is 33.9 Å². The molecule has 0 aliphatic heterocycles. The van der Waals surface area contributed by atoms with Gasteiger partial charge in [0.25, 0.3) is 5.69 Å². The average molecular weight is 267 g/mol. The minimum absolute atomic E-state index is 0.0579. The van der Waals surface area contributed by atoms with Gasteiger partial charge in [-0.05, 0) is 24.8 Å². The summed E-state index contributed by atoms with van der Waals surface area (Å²) in [7, 11) is 0. The Labute approximate surface area is 108 Å². The van der Waals surface area contributed by atoms with Crippen LogP contribution < -0.4 is 4.74 Å². The Balaban J connectivity index is 2.06. The molecular weight excluding hydrogens is 254 g/mol. The van der Waals surface area contributed by atoms with E-state index in [9.17, 15) is 14.9 Å². The van der Waals surface area contributed by atoms with Gasteiger partial charge in [-0.1, -0.05) is 6.07 Å². The second-order valence-electron chi connectivity index (χ2n) is 4.29. The van der Waals surface area contributed by atoms with E-state index in [-0.39, 0.29) is 12.5 Å². The van der Waals surface area contributed by atoms with Crippen molar-refractivity contribution in [1.29, 1.82) is 0 Å². The molecule has 0 unspecified atom stereocenters. The highest BCUT2D eigenvalue weighted by Crippen LogP contribution is 2.30. The van der Waals surface area contributed by atoms with Crippen molar-refractivity contribution in [1.82, 2.24) is 0 Å². The van der Waals surface area contributed by atoms with E-state index < -0.39 is 22.1 Å². The maximum Gasteiger partial charge on any atom is 0.346 e. The first kappa shape index (κ1) is 13.3. The molecule has 1 aromatic carbocycles. The monoisotopic (exact) mass is 267 g/mol. The molecule has 1 saturated carbocycles. The lowest BCUT2D eigenvalue weighted by Crippen LogP contribution is -2.10. The lowest BCUT2D eigenvalue weighted by atomic mass is 10.1. The fraction of sp³-hybridized carbons (Fsp3) is 0.417. The van der Waals surface area contributed by atoms with Gasteiger partial charge in [0, 0.05) is 6.07 Å². The minimum atomic E-state index is -1.40. The summed E-state index contributed by atoms with van der Waals surface area (Å²) in [5, 5.41) is 19.8. The normalized spacial score (nSPS) is 14.1. The van der Waals surface area contributed by atoms with Gasteiger partial charge in [0.1, 0.15) is 5.75 Å². The maximum atomic E-state index is 11.1. The third-order valence-corrected chi connectivity index (χ3v) is 2.76. The number of aromatic carboxylic acids is 1. The zero-order valence-electron chi connectivity index (χ0n) is 10.1. The van der Waals surface area contributed by atoms with Crippen LogP contribution >= 0.6 is 0 Å². The van der Waals surface area contributed by atoms with Gasteiger partial charge in [-0.15, -0.1) is 0 Å². The number of carboxylic acids is 1. The summed E-state index contributed by atoms with van der Waals surface area (Å²) in [4.78, 5) is 21.1.